The molecule has 0 saturated carbocycles. The van der Waals surface area contributed by atoms with Gasteiger partial charge in [0.1, 0.15) is 17.2 Å². The van der Waals surface area contributed by atoms with Crippen molar-refractivity contribution in [3.63, 3.8) is 0 Å². The van der Waals surface area contributed by atoms with Crippen LogP contribution in [0.3, 0.4) is 0 Å². The molecule has 0 aromatic carbocycles. The Labute approximate surface area is 111 Å². The topological polar surface area (TPSA) is 89.8 Å². The van der Waals surface area contributed by atoms with Crippen LogP contribution in [0.15, 0.2) is 6.20 Å². The highest BCUT2D eigenvalue weighted by molar-refractivity contribution is 5.92. The fourth-order valence-electron chi connectivity index (χ4n) is 2.17. The van der Waals surface area contributed by atoms with Crippen LogP contribution in [0.25, 0.3) is 0 Å². The van der Waals surface area contributed by atoms with Crippen LogP contribution in [0.2, 0.25) is 0 Å². The average molecular weight is 266 g/mol. The van der Waals surface area contributed by atoms with Crippen LogP contribution in [-0.2, 0) is 0 Å². The van der Waals surface area contributed by atoms with Crippen LogP contribution in [0.1, 0.15) is 16.2 Å². The number of hydrogen-bond donors (Lipinski definition) is 2. The zero-order valence-electron chi connectivity index (χ0n) is 10.9. The van der Waals surface area contributed by atoms with E-state index in [0.717, 1.165) is 13.1 Å². The molecule has 19 heavy (non-hydrogen) atoms. The Bertz CT molecular complexity index is 458. The lowest BCUT2D eigenvalue weighted by Crippen LogP contribution is -2.48. The van der Waals surface area contributed by atoms with Crippen LogP contribution >= 0.6 is 0 Å². The number of β-amino-alcohol motifs (C(OH)–C–C–N with tert-alkyl or cyclic N) is 1. The SMILES string of the molecule is Cc1ncc(C(=O)O)c(N2CCN(CCO)CC2)n1. The summed E-state index contributed by atoms with van der Waals surface area (Å²) in [5.74, 6) is 0.0502. The van der Waals surface area contributed by atoms with Crippen molar-refractivity contribution in [1.29, 1.82) is 0 Å². The number of piperazine rings is 1. The fourth-order valence-corrected chi connectivity index (χ4v) is 2.17. The smallest absolute Gasteiger partial charge is 0.341 e. The number of hydrogen-bond acceptors (Lipinski definition) is 6. The molecule has 0 amide bonds. The van der Waals surface area contributed by atoms with Gasteiger partial charge in [-0.15, -0.1) is 0 Å². The first kappa shape index (κ1) is 13.7. The van der Waals surface area contributed by atoms with Gasteiger partial charge in [0.25, 0.3) is 0 Å². The highest BCUT2D eigenvalue weighted by Crippen LogP contribution is 2.19. The first-order valence-corrected chi connectivity index (χ1v) is 6.27. The Morgan fingerprint density at radius 1 is 1.37 bits per heavy atom. The van der Waals surface area contributed by atoms with E-state index in [0.29, 0.717) is 31.3 Å². The lowest BCUT2D eigenvalue weighted by atomic mass is 10.2. The van der Waals surface area contributed by atoms with Crippen molar-refractivity contribution in [2.45, 2.75) is 6.92 Å². The minimum absolute atomic E-state index is 0.140. The van der Waals surface area contributed by atoms with Crippen LogP contribution in [0, 0.1) is 6.92 Å². The van der Waals surface area contributed by atoms with Gasteiger partial charge in [-0.2, -0.15) is 0 Å². The van der Waals surface area contributed by atoms with Gasteiger partial charge in [-0.25, -0.2) is 14.8 Å². The number of aliphatic hydroxyl groups excluding tert-OH is 1. The number of carboxylic acid groups (broad SMARTS) is 1. The van der Waals surface area contributed by atoms with Gasteiger partial charge < -0.3 is 15.1 Å². The zero-order chi connectivity index (χ0) is 13.8. The van der Waals surface area contributed by atoms with Crippen molar-refractivity contribution in [3.8, 4) is 0 Å². The predicted molar refractivity (Wildman–Crippen MR) is 69.5 cm³/mol. The molecule has 7 heteroatoms. The Morgan fingerprint density at radius 2 is 2.05 bits per heavy atom. The van der Waals surface area contributed by atoms with E-state index in [4.69, 9.17) is 5.11 Å². The molecule has 0 spiro atoms. The number of aromatic carboxylic acids is 1. The van der Waals surface area contributed by atoms with Crippen molar-refractivity contribution in [2.75, 3.05) is 44.2 Å². The van der Waals surface area contributed by atoms with Gasteiger partial charge in [0, 0.05) is 38.9 Å². The van der Waals surface area contributed by atoms with E-state index >= 15 is 0 Å². The predicted octanol–water partition coefficient (Wildman–Crippen LogP) is -0.402. The van der Waals surface area contributed by atoms with E-state index in [1.165, 1.54) is 6.20 Å². The molecule has 0 unspecified atom stereocenters. The third-order valence-electron chi connectivity index (χ3n) is 3.21. The number of carbonyl (C=O) groups is 1. The van der Waals surface area contributed by atoms with E-state index in [-0.39, 0.29) is 12.2 Å². The van der Waals surface area contributed by atoms with E-state index in [1.807, 2.05) is 4.90 Å². The molecular formula is C12H18N4O3. The van der Waals surface area contributed by atoms with Crippen molar-refractivity contribution in [2.24, 2.45) is 0 Å². The normalized spacial score (nSPS) is 16.6. The van der Waals surface area contributed by atoms with E-state index in [1.54, 1.807) is 6.92 Å². The molecule has 1 aliphatic rings. The summed E-state index contributed by atoms with van der Waals surface area (Å²) in [6.45, 7) is 5.55. The van der Waals surface area contributed by atoms with Crippen molar-refractivity contribution in [3.05, 3.63) is 17.6 Å². The maximum atomic E-state index is 11.2. The van der Waals surface area contributed by atoms with Crippen LogP contribution in [0.5, 0.6) is 0 Å². The summed E-state index contributed by atoms with van der Waals surface area (Å²) in [6, 6.07) is 0. The van der Waals surface area contributed by atoms with Gasteiger partial charge >= 0.3 is 5.97 Å². The summed E-state index contributed by atoms with van der Waals surface area (Å²) in [5, 5.41) is 18.1. The number of carboxylic acids is 1. The second-order valence-electron chi connectivity index (χ2n) is 4.51. The number of anilines is 1. The molecule has 1 aromatic rings. The van der Waals surface area contributed by atoms with Crippen molar-refractivity contribution in [1.82, 2.24) is 14.9 Å². The van der Waals surface area contributed by atoms with E-state index in [9.17, 15) is 9.90 Å². The van der Waals surface area contributed by atoms with Gasteiger partial charge in [0.15, 0.2) is 0 Å². The molecule has 0 bridgehead atoms. The molecule has 104 valence electrons. The molecule has 0 aliphatic carbocycles. The molecule has 2 heterocycles. The molecule has 1 aliphatic heterocycles. The van der Waals surface area contributed by atoms with Gasteiger partial charge in [0.2, 0.25) is 0 Å². The minimum Gasteiger partial charge on any atom is -0.477 e. The van der Waals surface area contributed by atoms with Gasteiger partial charge in [-0.3, -0.25) is 4.90 Å². The molecule has 7 nitrogen and oxygen atoms in total. The number of rotatable bonds is 4. The molecule has 0 atom stereocenters. The summed E-state index contributed by atoms with van der Waals surface area (Å²) < 4.78 is 0. The Hall–Kier alpha value is -1.73. The van der Waals surface area contributed by atoms with Crippen molar-refractivity contribution < 1.29 is 15.0 Å². The van der Waals surface area contributed by atoms with Gasteiger partial charge in [-0.05, 0) is 6.92 Å². The summed E-state index contributed by atoms with van der Waals surface area (Å²) in [7, 11) is 0. The quantitative estimate of drug-likeness (QED) is 0.766. The summed E-state index contributed by atoms with van der Waals surface area (Å²) in [5.41, 5.74) is 0.140. The monoisotopic (exact) mass is 266 g/mol. The Morgan fingerprint density at radius 3 is 2.63 bits per heavy atom. The molecule has 1 aromatic heterocycles. The minimum atomic E-state index is -1.01. The Kier molecular flexibility index (Phi) is 4.28. The average Bonchev–Trinajstić information content (AvgIpc) is 2.39. The summed E-state index contributed by atoms with van der Waals surface area (Å²) in [4.78, 5) is 23.5. The van der Waals surface area contributed by atoms with Crippen LogP contribution in [0.4, 0.5) is 5.82 Å². The fraction of sp³-hybridized carbons (Fsp3) is 0.583. The molecular weight excluding hydrogens is 248 g/mol. The highest BCUT2D eigenvalue weighted by Gasteiger charge is 2.22. The number of aliphatic hydroxyl groups is 1. The van der Waals surface area contributed by atoms with Gasteiger partial charge in [-0.1, -0.05) is 0 Å². The molecule has 1 fully saturated rings. The summed E-state index contributed by atoms with van der Waals surface area (Å²) >= 11 is 0. The maximum Gasteiger partial charge on any atom is 0.341 e. The molecule has 2 rings (SSSR count). The Balaban J connectivity index is 2.14. The third-order valence-corrected chi connectivity index (χ3v) is 3.21. The number of aromatic nitrogens is 2. The van der Waals surface area contributed by atoms with Gasteiger partial charge in [0.05, 0.1) is 6.61 Å². The third kappa shape index (κ3) is 3.18. The molecule has 1 saturated heterocycles. The standard InChI is InChI=1S/C12H18N4O3/c1-9-13-8-10(12(18)19)11(14-9)16-4-2-15(3-5-16)6-7-17/h8,17H,2-7H2,1H3,(H,18,19). The van der Waals surface area contributed by atoms with E-state index < -0.39 is 5.97 Å². The second-order valence-corrected chi connectivity index (χ2v) is 4.51. The van der Waals surface area contributed by atoms with Crippen molar-refractivity contribution >= 4 is 11.8 Å². The largest absolute Gasteiger partial charge is 0.477 e. The summed E-state index contributed by atoms with van der Waals surface area (Å²) in [6.07, 6.45) is 1.36. The van der Waals surface area contributed by atoms with Crippen LogP contribution < -0.4 is 4.90 Å². The highest BCUT2D eigenvalue weighted by atomic mass is 16.4. The molecule has 0 radical (unpaired) electrons. The molecule has 2 N–H and O–H groups in total. The lowest BCUT2D eigenvalue weighted by Gasteiger charge is -2.35. The number of aryl methyl sites for hydroxylation is 1. The first-order valence-electron chi connectivity index (χ1n) is 6.27. The second kappa shape index (κ2) is 5.94. The van der Waals surface area contributed by atoms with Crippen LogP contribution in [-0.4, -0.2) is 70.4 Å². The van der Waals surface area contributed by atoms with E-state index in [2.05, 4.69) is 14.9 Å². The lowest BCUT2D eigenvalue weighted by molar-refractivity contribution is 0.0696. The zero-order valence-corrected chi connectivity index (χ0v) is 10.9. The first-order chi connectivity index (χ1) is 9.11. The number of nitrogens with zero attached hydrogens (tertiary/aromatic N) is 4. The maximum absolute atomic E-state index is 11.2.